The lowest BCUT2D eigenvalue weighted by Crippen LogP contribution is -2.37. The first-order valence-electron chi connectivity index (χ1n) is 8.28. The largest absolute Gasteiger partial charge is 0.316 e. The van der Waals surface area contributed by atoms with Gasteiger partial charge in [0.15, 0.2) is 0 Å². The summed E-state index contributed by atoms with van der Waals surface area (Å²) in [5.74, 6) is 0.519. The standard InChI is InChI=1S/C18H24N2O2/c1-4-5-10-19-16-13-8-6-7-9-14(13)17(21)20(16)15(18(19)22)11-12(2)3/h6-9,12,15-16H,4-5,10-11H2,1-3H3. The highest BCUT2D eigenvalue weighted by Crippen LogP contribution is 2.44. The number of hydrogen-bond acceptors (Lipinski definition) is 2. The predicted molar refractivity (Wildman–Crippen MR) is 85.2 cm³/mol. The van der Waals surface area contributed by atoms with Crippen LogP contribution in [0.1, 0.15) is 62.1 Å². The minimum atomic E-state index is -0.304. The molecular weight excluding hydrogens is 276 g/mol. The molecule has 0 bridgehead atoms. The lowest BCUT2D eigenvalue weighted by molar-refractivity contribution is -0.130. The summed E-state index contributed by atoms with van der Waals surface area (Å²) in [5.41, 5.74) is 1.75. The maximum Gasteiger partial charge on any atom is 0.256 e. The van der Waals surface area contributed by atoms with E-state index in [-0.39, 0.29) is 24.0 Å². The van der Waals surface area contributed by atoms with Crippen molar-refractivity contribution < 1.29 is 9.59 Å². The molecule has 0 saturated carbocycles. The van der Waals surface area contributed by atoms with E-state index >= 15 is 0 Å². The molecule has 2 aliphatic rings. The van der Waals surface area contributed by atoms with E-state index < -0.39 is 0 Å². The number of carbonyl (C=O) groups is 2. The molecule has 1 fully saturated rings. The Morgan fingerprint density at radius 2 is 1.91 bits per heavy atom. The Balaban J connectivity index is 2.00. The van der Waals surface area contributed by atoms with Crippen LogP contribution in [0.25, 0.3) is 0 Å². The zero-order valence-electron chi connectivity index (χ0n) is 13.6. The van der Waals surface area contributed by atoms with Crippen LogP contribution in [0.3, 0.4) is 0 Å². The number of unbranched alkanes of at least 4 members (excludes halogenated alkanes) is 1. The summed E-state index contributed by atoms with van der Waals surface area (Å²) < 4.78 is 0. The van der Waals surface area contributed by atoms with Gasteiger partial charge in [0.2, 0.25) is 5.91 Å². The average molecular weight is 300 g/mol. The minimum Gasteiger partial charge on any atom is -0.316 e. The number of rotatable bonds is 5. The van der Waals surface area contributed by atoms with E-state index in [2.05, 4.69) is 20.8 Å². The summed E-state index contributed by atoms with van der Waals surface area (Å²) in [4.78, 5) is 29.4. The average Bonchev–Trinajstić information content (AvgIpc) is 2.93. The predicted octanol–water partition coefficient (Wildman–Crippen LogP) is 3.20. The van der Waals surface area contributed by atoms with Crippen molar-refractivity contribution in [3.63, 3.8) is 0 Å². The number of amides is 2. The summed E-state index contributed by atoms with van der Waals surface area (Å²) in [6, 6.07) is 7.41. The Labute approximate surface area is 132 Å². The molecule has 0 radical (unpaired) electrons. The fourth-order valence-electron chi connectivity index (χ4n) is 3.60. The third-order valence-corrected chi connectivity index (χ3v) is 4.61. The summed E-state index contributed by atoms with van der Waals surface area (Å²) in [6.07, 6.45) is 2.56. The molecule has 4 nitrogen and oxygen atoms in total. The van der Waals surface area contributed by atoms with Gasteiger partial charge in [-0.3, -0.25) is 9.59 Å². The Bertz CT molecular complexity index is 597. The van der Waals surface area contributed by atoms with Crippen LogP contribution in [-0.2, 0) is 4.79 Å². The van der Waals surface area contributed by atoms with Gasteiger partial charge in [-0.1, -0.05) is 45.4 Å². The van der Waals surface area contributed by atoms with E-state index in [0.29, 0.717) is 5.92 Å². The number of carbonyl (C=O) groups excluding carboxylic acids is 2. The molecule has 2 atom stereocenters. The van der Waals surface area contributed by atoms with E-state index in [9.17, 15) is 9.59 Å². The highest BCUT2D eigenvalue weighted by atomic mass is 16.2. The molecule has 2 heterocycles. The van der Waals surface area contributed by atoms with Gasteiger partial charge in [0.1, 0.15) is 12.2 Å². The van der Waals surface area contributed by atoms with Gasteiger partial charge < -0.3 is 9.80 Å². The second kappa shape index (κ2) is 5.75. The lowest BCUT2D eigenvalue weighted by atomic mass is 10.0. The van der Waals surface area contributed by atoms with Gasteiger partial charge in [-0.2, -0.15) is 0 Å². The Kier molecular flexibility index (Phi) is 3.94. The minimum absolute atomic E-state index is 0.0126. The van der Waals surface area contributed by atoms with Gasteiger partial charge in [0, 0.05) is 17.7 Å². The molecule has 1 aromatic rings. The van der Waals surface area contributed by atoms with Crippen LogP contribution in [0.4, 0.5) is 0 Å². The van der Waals surface area contributed by atoms with Crippen LogP contribution in [0, 0.1) is 5.92 Å². The smallest absolute Gasteiger partial charge is 0.256 e. The van der Waals surface area contributed by atoms with Crippen LogP contribution >= 0.6 is 0 Å². The highest BCUT2D eigenvalue weighted by Gasteiger charge is 2.53. The lowest BCUT2D eigenvalue weighted by Gasteiger charge is -2.25. The molecule has 2 aliphatic heterocycles. The van der Waals surface area contributed by atoms with E-state index in [1.54, 1.807) is 0 Å². The van der Waals surface area contributed by atoms with Crippen molar-refractivity contribution in [1.82, 2.24) is 9.80 Å². The normalized spacial score (nSPS) is 23.5. The first-order valence-corrected chi connectivity index (χ1v) is 8.28. The van der Waals surface area contributed by atoms with Crippen molar-refractivity contribution >= 4 is 11.8 Å². The number of hydrogen-bond donors (Lipinski definition) is 0. The maximum absolute atomic E-state index is 12.8. The molecule has 1 saturated heterocycles. The van der Waals surface area contributed by atoms with Crippen LogP contribution in [0.15, 0.2) is 24.3 Å². The topological polar surface area (TPSA) is 40.6 Å². The molecule has 4 heteroatoms. The molecule has 0 aromatic heterocycles. The molecule has 3 rings (SSSR count). The summed E-state index contributed by atoms with van der Waals surface area (Å²) in [5, 5.41) is 0. The van der Waals surface area contributed by atoms with Crippen molar-refractivity contribution in [3.05, 3.63) is 35.4 Å². The summed E-state index contributed by atoms with van der Waals surface area (Å²) in [6.45, 7) is 7.06. The molecule has 0 spiro atoms. The SMILES string of the molecule is CCCCN1C(=O)C(CC(C)C)N2C(=O)c3ccccc3C12. The molecular formula is C18H24N2O2. The van der Waals surface area contributed by atoms with Crippen LogP contribution in [0.5, 0.6) is 0 Å². The fourth-order valence-corrected chi connectivity index (χ4v) is 3.60. The zero-order chi connectivity index (χ0) is 15.9. The molecule has 0 aliphatic carbocycles. The van der Waals surface area contributed by atoms with Crippen molar-refractivity contribution in [2.75, 3.05) is 6.54 Å². The van der Waals surface area contributed by atoms with Crippen molar-refractivity contribution in [1.29, 1.82) is 0 Å². The second-order valence-corrected chi connectivity index (χ2v) is 6.70. The third kappa shape index (κ3) is 2.21. The van der Waals surface area contributed by atoms with E-state index in [1.165, 1.54) is 0 Å². The van der Waals surface area contributed by atoms with Gasteiger partial charge in [0.05, 0.1) is 0 Å². The van der Waals surface area contributed by atoms with Crippen LogP contribution in [0.2, 0.25) is 0 Å². The molecule has 0 N–H and O–H groups in total. The zero-order valence-corrected chi connectivity index (χ0v) is 13.6. The van der Waals surface area contributed by atoms with E-state index in [0.717, 1.165) is 36.9 Å². The Morgan fingerprint density at radius 1 is 1.18 bits per heavy atom. The van der Waals surface area contributed by atoms with Gasteiger partial charge in [-0.15, -0.1) is 0 Å². The monoisotopic (exact) mass is 300 g/mol. The van der Waals surface area contributed by atoms with Crippen molar-refractivity contribution in [3.8, 4) is 0 Å². The van der Waals surface area contributed by atoms with Gasteiger partial charge in [-0.05, 0) is 24.8 Å². The molecule has 22 heavy (non-hydrogen) atoms. The van der Waals surface area contributed by atoms with Crippen LogP contribution < -0.4 is 0 Å². The highest BCUT2D eigenvalue weighted by molar-refractivity contribution is 6.04. The Morgan fingerprint density at radius 3 is 2.59 bits per heavy atom. The first-order chi connectivity index (χ1) is 10.6. The van der Waals surface area contributed by atoms with Gasteiger partial charge in [-0.25, -0.2) is 0 Å². The fraction of sp³-hybridized carbons (Fsp3) is 0.556. The van der Waals surface area contributed by atoms with Crippen LogP contribution in [-0.4, -0.2) is 34.2 Å². The molecule has 2 unspecified atom stereocenters. The second-order valence-electron chi connectivity index (χ2n) is 6.70. The molecule has 1 aromatic carbocycles. The summed E-state index contributed by atoms with van der Waals surface area (Å²) in [7, 11) is 0. The first kappa shape index (κ1) is 15.1. The molecule has 2 amide bonds. The quantitative estimate of drug-likeness (QED) is 0.838. The number of fused-ring (bicyclic) bond motifs is 3. The number of nitrogens with zero attached hydrogens (tertiary/aromatic N) is 2. The maximum atomic E-state index is 12.8. The van der Waals surface area contributed by atoms with E-state index in [4.69, 9.17) is 0 Å². The Hall–Kier alpha value is -1.84. The third-order valence-electron chi connectivity index (χ3n) is 4.61. The molecule has 118 valence electrons. The van der Waals surface area contributed by atoms with E-state index in [1.807, 2.05) is 34.1 Å². The van der Waals surface area contributed by atoms with Crippen molar-refractivity contribution in [2.45, 2.75) is 52.2 Å². The van der Waals surface area contributed by atoms with Gasteiger partial charge >= 0.3 is 0 Å². The summed E-state index contributed by atoms with van der Waals surface area (Å²) >= 11 is 0. The van der Waals surface area contributed by atoms with Crippen molar-refractivity contribution in [2.24, 2.45) is 5.92 Å². The number of benzene rings is 1. The van der Waals surface area contributed by atoms with Gasteiger partial charge in [0.25, 0.3) is 5.91 Å².